The van der Waals surface area contributed by atoms with Crippen molar-refractivity contribution in [3.05, 3.63) is 0 Å². The second-order valence-corrected chi connectivity index (χ2v) is 13.9. The molecule has 2 fully saturated rings. The third-order valence-electron chi connectivity index (χ3n) is 10.3. The Bertz CT molecular complexity index is 515. The topological polar surface area (TPSA) is 40.5 Å². The van der Waals surface area contributed by atoms with Gasteiger partial charge in [-0.15, -0.1) is 0 Å². The van der Waals surface area contributed by atoms with Gasteiger partial charge in [-0.2, -0.15) is 0 Å². The van der Waals surface area contributed by atoms with E-state index in [0.29, 0.717) is 23.7 Å². The summed E-state index contributed by atoms with van der Waals surface area (Å²) >= 11 is 0. The second-order valence-electron chi connectivity index (χ2n) is 13.9. The minimum absolute atomic E-state index is 0.122. The third kappa shape index (κ3) is 11.9. The summed E-state index contributed by atoms with van der Waals surface area (Å²) in [5.74, 6) is 5.68. The van der Waals surface area contributed by atoms with E-state index in [1.807, 2.05) is 0 Å². The van der Waals surface area contributed by atoms with Gasteiger partial charge in [-0.25, -0.2) is 0 Å². The van der Waals surface area contributed by atoms with Gasteiger partial charge in [0.05, 0.1) is 12.2 Å². The number of hydrogen-bond donors (Lipinski definition) is 2. The molecule has 2 heteroatoms. The molecule has 2 aliphatic carbocycles. The summed E-state index contributed by atoms with van der Waals surface area (Å²) in [5, 5.41) is 21.8. The number of rotatable bonds is 16. The highest BCUT2D eigenvalue weighted by atomic mass is 16.3. The average Bonchev–Trinajstić information content (AvgIpc) is 2.83. The Balaban J connectivity index is 1.64. The van der Waals surface area contributed by atoms with Crippen LogP contribution in [0, 0.1) is 47.3 Å². The van der Waals surface area contributed by atoms with Crippen LogP contribution in [0.5, 0.6) is 0 Å². The molecule has 0 bridgehead atoms. The quantitative estimate of drug-likeness (QED) is 0.225. The van der Waals surface area contributed by atoms with Gasteiger partial charge in [-0.1, -0.05) is 112 Å². The molecular formula is C33H64O2. The summed E-state index contributed by atoms with van der Waals surface area (Å²) in [4.78, 5) is 0. The molecule has 2 rings (SSSR count). The minimum atomic E-state index is -0.153. The summed E-state index contributed by atoms with van der Waals surface area (Å²) in [5.41, 5.74) is 0. The van der Waals surface area contributed by atoms with E-state index in [2.05, 4.69) is 41.5 Å². The summed E-state index contributed by atoms with van der Waals surface area (Å²) in [7, 11) is 0. The molecule has 2 saturated carbocycles. The van der Waals surface area contributed by atoms with E-state index in [-0.39, 0.29) is 12.2 Å². The Morgan fingerprint density at radius 2 is 1.31 bits per heavy atom. The molecule has 0 aromatic carbocycles. The summed E-state index contributed by atoms with van der Waals surface area (Å²) in [6.07, 6.45) is 21.3. The van der Waals surface area contributed by atoms with Gasteiger partial charge in [0, 0.05) is 0 Å². The first-order chi connectivity index (χ1) is 16.7. The standard InChI is InChI=1S/C33H64O2/c1-7-8-10-26(5)21-28-15-17-29(18-16-28)22-27(6)32(34)12-9-11-31(24(2)3)23-33(35)30-19-13-25(4)14-20-30/h24-35H,7-23H2,1-6H3. The first kappa shape index (κ1) is 31.1. The highest BCUT2D eigenvalue weighted by Gasteiger charge is 2.29. The molecule has 0 aliphatic heterocycles. The van der Waals surface area contributed by atoms with Gasteiger partial charge in [0.1, 0.15) is 0 Å². The third-order valence-corrected chi connectivity index (χ3v) is 10.3. The van der Waals surface area contributed by atoms with Crippen LogP contribution in [0.4, 0.5) is 0 Å². The zero-order valence-electron chi connectivity index (χ0n) is 24.7. The fourth-order valence-corrected chi connectivity index (χ4v) is 7.40. The minimum Gasteiger partial charge on any atom is -0.393 e. The molecule has 2 N–H and O–H groups in total. The molecular weight excluding hydrogens is 428 g/mol. The lowest BCUT2D eigenvalue weighted by Gasteiger charge is -2.33. The van der Waals surface area contributed by atoms with Crippen molar-refractivity contribution in [3.8, 4) is 0 Å². The van der Waals surface area contributed by atoms with Crippen LogP contribution in [0.3, 0.4) is 0 Å². The SMILES string of the molecule is CCCCC(C)CC1CCC(CC(C)C(O)CCCC(CC(O)C2CCC(C)CC2)C(C)C)CC1. The van der Waals surface area contributed by atoms with Crippen molar-refractivity contribution in [2.24, 2.45) is 47.3 Å². The lowest BCUT2D eigenvalue weighted by atomic mass is 9.74. The van der Waals surface area contributed by atoms with Crippen LogP contribution in [0.15, 0.2) is 0 Å². The van der Waals surface area contributed by atoms with Gasteiger partial charge >= 0.3 is 0 Å². The van der Waals surface area contributed by atoms with Crippen molar-refractivity contribution in [2.75, 3.05) is 0 Å². The maximum absolute atomic E-state index is 10.9. The van der Waals surface area contributed by atoms with E-state index < -0.39 is 0 Å². The largest absolute Gasteiger partial charge is 0.393 e. The van der Waals surface area contributed by atoms with E-state index in [4.69, 9.17) is 0 Å². The van der Waals surface area contributed by atoms with Crippen LogP contribution >= 0.6 is 0 Å². The first-order valence-electron chi connectivity index (χ1n) is 16.1. The molecule has 0 radical (unpaired) electrons. The van der Waals surface area contributed by atoms with E-state index >= 15 is 0 Å². The average molecular weight is 493 g/mol. The monoisotopic (exact) mass is 492 g/mol. The van der Waals surface area contributed by atoms with E-state index in [9.17, 15) is 10.2 Å². The Morgan fingerprint density at radius 1 is 0.714 bits per heavy atom. The Kier molecular flexibility index (Phi) is 14.9. The fraction of sp³-hybridized carbons (Fsp3) is 1.00. The van der Waals surface area contributed by atoms with Gasteiger partial charge in [0.25, 0.3) is 0 Å². The Labute approximate surface area is 220 Å². The molecule has 35 heavy (non-hydrogen) atoms. The number of unbranched alkanes of at least 4 members (excludes halogenated alkanes) is 1. The molecule has 2 aliphatic rings. The molecule has 208 valence electrons. The van der Waals surface area contributed by atoms with Crippen molar-refractivity contribution in [3.63, 3.8) is 0 Å². The first-order valence-corrected chi connectivity index (χ1v) is 16.1. The molecule has 0 saturated heterocycles. The van der Waals surface area contributed by atoms with Gasteiger partial charge in [0.15, 0.2) is 0 Å². The van der Waals surface area contributed by atoms with E-state index in [1.165, 1.54) is 83.5 Å². The maximum Gasteiger partial charge on any atom is 0.0571 e. The highest BCUT2D eigenvalue weighted by Crippen LogP contribution is 2.38. The Morgan fingerprint density at radius 3 is 1.89 bits per heavy atom. The van der Waals surface area contributed by atoms with Gasteiger partial charge < -0.3 is 10.2 Å². The number of hydrogen-bond acceptors (Lipinski definition) is 2. The molecule has 0 aromatic heterocycles. The Hall–Kier alpha value is -0.0800. The van der Waals surface area contributed by atoms with Crippen LogP contribution in [-0.4, -0.2) is 22.4 Å². The smallest absolute Gasteiger partial charge is 0.0571 e. The van der Waals surface area contributed by atoms with Crippen molar-refractivity contribution < 1.29 is 10.2 Å². The fourth-order valence-electron chi connectivity index (χ4n) is 7.40. The number of aliphatic hydroxyl groups excluding tert-OH is 2. The molecule has 2 nitrogen and oxygen atoms in total. The summed E-state index contributed by atoms with van der Waals surface area (Å²) in [6.45, 7) is 14.0. The van der Waals surface area contributed by atoms with Crippen LogP contribution in [0.25, 0.3) is 0 Å². The van der Waals surface area contributed by atoms with E-state index in [1.54, 1.807) is 0 Å². The van der Waals surface area contributed by atoms with Gasteiger partial charge in [0.2, 0.25) is 0 Å². The molecule has 0 amide bonds. The lowest BCUT2D eigenvalue weighted by Crippen LogP contribution is -2.29. The van der Waals surface area contributed by atoms with Crippen molar-refractivity contribution in [1.29, 1.82) is 0 Å². The van der Waals surface area contributed by atoms with Crippen molar-refractivity contribution >= 4 is 0 Å². The molecule has 5 atom stereocenters. The van der Waals surface area contributed by atoms with Gasteiger partial charge in [-0.3, -0.25) is 0 Å². The summed E-state index contributed by atoms with van der Waals surface area (Å²) in [6, 6.07) is 0. The molecule has 5 unspecified atom stereocenters. The highest BCUT2D eigenvalue weighted by molar-refractivity contribution is 4.80. The van der Waals surface area contributed by atoms with Crippen LogP contribution in [0.1, 0.15) is 151 Å². The lowest BCUT2D eigenvalue weighted by molar-refractivity contribution is 0.0436. The van der Waals surface area contributed by atoms with Crippen molar-refractivity contribution in [2.45, 2.75) is 163 Å². The molecule has 0 aromatic rings. The zero-order chi connectivity index (χ0) is 25.8. The van der Waals surface area contributed by atoms with Crippen LogP contribution in [-0.2, 0) is 0 Å². The predicted octanol–water partition coefficient (Wildman–Crippen LogP) is 9.42. The maximum atomic E-state index is 10.9. The second kappa shape index (κ2) is 16.7. The normalized spacial score (nSPS) is 30.1. The predicted molar refractivity (Wildman–Crippen MR) is 152 cm³/mol. The van der Waals surface area contributed by atoms with Crippen molar-refractivity contribution in [1.82, 2.24) is 0 Å². The summed E-state index contributed by atoms with van der Waals surface area (Å²) < 4.78 is 0. The molecule has 0 spiro atoms. The number of aliphatic hydroxyl groups is 2. The van der Waals surface area contributed by atoms with E-state index in [0.717, 1.165) is 49.4 Å². The van der Waals surface area contributed by atoms with Gasteiger partial charge in [-0.05, 0) is 85.9 Å². The molecule has 0 heterocycles. The zero-order valence-corrected chi connectivity index (χ0v) is 24.7. The van der Waals surface area contributed by atoms with Crippen LogP contribution in [0.2, 0.25) is 0 Å². The van der Waals surface area contributed by atoms with Crippen LogP contribution < -0.4 is 0 Å².